The summed E-state index contributed by atoms with van der Waals surface area (Å²) in [4.78, 5) is 11.8. The Balaban J connectivity index is 2.30. The quantitative estimate of drug-likeness (QED) is 0.776. The van der Waals surface area contributed by atoms with Crippen molar-refractivity contribution in [3.05, 3.63) is 0 Å². The van der Waals surface area contributed by atoms with Crippen LogP contribution in [-0.4, -0.2) is 35.2 Å². The summed E-state index contributed by atoms with van der Waals surface area (Å²) in [5.41, 5.74) is 0. The first-order valence-corrected chi connectivity index (χ1v) is 7.44. The van der Waals surface area contributed by atoms with Crippen molar-refractivity contribution < 1.29 is 9.90 Å². The number of rotatable bonds is 5. The van der Waals surface area contributed by atoms with Gasteiger partial charge in [-0.25, -0.2) is 0 Å². The number of aliphatic hydroxyl groups excluding tert-OH is 1. The van der Waals surface area contributed by atoms with E-state index in [9.17, 15) is 4.79 Å². The van der Waals surface area contributed by atoms with Gasteiger partial charge in [0.1, 0.15) is 0 Å². The Morgan fingerprint density at radius 1 is 1.44 bits per heavy atom. The van der Waals surface area contributed by atoms with E-state index in [1.807, 2.05) is 13.2 Å². The number of carbonyl (C=O) groups excluding carboxylic acids is 1. The summed E-state index contributed by atoms with van der Waals surface area (Å²) < 4.78 is 0. The lowest BCUT2D eigenvalue weighted by Gasteiger charge is -2.29. The summed E-state index contributed by atoms with van der Waals surface area (Å²) in [5.74, 6) is 0.637. The van der Waals surface area contributed by atoms with Crippen molar-refractivity contribution in [2.75, 3.05) is 12.9 Å². The third kappa shape index (κ3) is 3.98. The van der Waals surface area contributed by atoms with Gasteiger partial charge in [-0.1, -0.05) is 6.92 Å². The van der Waals surface area contributed by atoms with E-state index in [4.69, 9.17) is 5.11 Å². The molecule has 0 spiro atoms. The van der Waals surface area contributed by atoms with E-state index in [1.54, 1.807) is 11.8 Å². The Kier molecular flexibility index (Phi) is 6.21. The first-order valence-electron chi connectivity index (χ1n) is 6.15. The van der Waals surface area contributed by atoms with Crippen molar-refractivity contribution in [2.45, 2.75) is 50.3 Å². The van der Waals surface area contributed by atoms with Crippen molar-refractivity contribution >= 4 is 17.7 Å². The number of nitrogens with one attached hydrogen (secondary N) is 1. The molecule has 0 bridgehead atoms. The fourth-order valence-corrected chi connectivity index (χ4v) is 2.86. The van der Waals surface area contributed by atoms with E-state index in [1.165, 1.54) is 0 Å². The highest BCUT2D eigenvalue weighted by atomic mass is 32.2. The molecule has 1 fully saturated rings. The highest BCUT2D eigenvalue weighted by Crippen LogP contribution is 2.24. The average Bonchev–Trinajstić information content (AvgIpc) is 2.31. The van der Waals surface area contributed by atoms with E-state index in [2.05, 4.69) is 5.32 Å². The summed E-state index contributed by atoms with van der Waals surface area (Å²) in [6.07, 6.45) is 6.98. The van der Waals surface area contributed by atoms with Crippen LogP contribution in [0.1, 0.15) is 39.0 Å². The molecule has 4 heteroatoms. The van der Waals surface area contributed by atoms with Crippen molar-refractivity contribution in [1.82, 2.24) is 5.32 Å². The summed E-state index contributed by atoms with van der Waals surface area (Å²) in [5, 5.41) is 12.2. The van der Waals surface area contributed by atoms with E-state index < -0.39 is 0 Å². The highest BCUT2D eigenvalue weighted by molar-refractivity contribution is 7.99. The van der Waals surface area contributed by atoms with E-state index in [0.717, 1.165) is 32.1 Å². The van der Waals surface area contributed by atoms with Gasteiger partial charge in [-0.3, -0.25) is 4.79 Å². The second-order valence-corrected chi connectivity index (χ2v) is 5.58. The molecule has 0 heterocycles. The monoisotopic (exact) mass is 245 g/mol. The predicted molar refractivity (Wildman–Crippen MR) is 68.6 cm³/mol. The zero-order valence-electron chi connectivity index (χ0n) is 10.2. The van der Waals surface area contributed by atoms with Gasteiger partial charge in [0.2, 0.25) is 5.91 Å². The van der Waals surface area contributed by atoms with Gasteiger partial charge in [-0.2, -0.15) is 11.8 Å². The van der Waals surface area contributed by atoms with Crippen molar-refractivity contribution in [3.8, 4) is 0 Å². The summed E-state index contributed by atoms with van der Waals surface area (Å²) in [6, 6.07) is 0.330. The van der Waals surface area contributed by atoms with Gasteiger partial charge in [0.25, 0.3) is 0 Å². The maximum Gasteiger partial charge on any atom is 0.233 e. The minimum Gasteiger partial charge on any atom is -0.396 e. The van der Waals surface area contributed by atoms with E-state index in [-0.39, 0.29) is 11.2 Å². The average molecular weight is 245 g/mol. The van der Waals surface area contributed by atoms with Crippen LogP contribution in [0.2, 0.25) is 0 Å². The van der Waals surface area contributed by atoms with Crippen molar-refractivity contribution in [3.63, 3.8) is 0 Å². The molecule has 1 aliphatic rings. The standard InChI is InChI=1S/C12H23NO2S/c1-3-11(16-2)12(15)13-10-6-4-9(8-14)5-7-10/h9-11,14H,3-8H2,1-2H3,(H,13,15). The molecule has 16 heavy (non-hydrogen) atoms. The highest BCUT2D eigenvalue weighted by Gasteiger charge is 2.24. The molecular formula is C12H23NO2S. The molecule has 94 valence electrons. The van der Waals surface area contributed by atoms with Gasteiger partial charge in [-0.05, 0) is 44.3 Å². The number of thioether (sulfide) groups is 1. The minimum absolute atomic E-state index is 0.0931. The van der Waals surface area contributed by atoms with Crippen LogP contribution < -0.4 is 5.32 Å². The Labute approximate surface area is 102 Å². The van der Waals surface area contributed by atoms with Crippen LogP contribution in [0.3, 0.4) is 0 Å². The van der Waals surface area contributed by atoms with Crippen LogP contribution >= 0.6 is 11.8 Å². The van der Waals surface area contributed by atoms with Gasteiger partial charge in [0, 0.05) is 12.6 Å². The van der Waals surface area contributed by atoms with Crippen LogP contribution in [-0.2, 0) is 4.79 Å². The normalized spacial score (nSPS) is 27.4. The van der Waals surface area contributed by atoms with Gasteiger partial charge >= 0.3 is 0 Å². The largest absolute Gasteiger partial charge is 0.396 e. The SMILES string of the molecule is CCC(SC)C(=O)NC1CCC(CO)CC1. The van der Waals surface area contributed by atoms with Gasteiger partial charge in [0.15, 0.2) is 0 Å². The lowest BCUT2D eigenvalue weighted by molar-refractivity contribution is -0.121. The van der Waals surface area contributed by atoms with Gasteiger partial charge in [0.05, 0.1) is 5.25 Å². The van der Waals surface area contributed by atoms with Crippen LogP contribution in [0.15, 0.2) is 0 Å². The lowest BCUT2D eigenvalue weighted by Crippen LogP contribution is -2.42. The fraction of sp³-hybridized carbons (Fsp3) is 0.917. The summed E-state index contributed by atoms with van der Waals surface area (Å²) >= 11 is 1.62. The van der Waals surface area contributed by atoms with Crippen LogP contribution in [0, 0.1) is 5.92 Å². The smallest absolute Gasteiger partial charge is 0.233 e. The number of carbonyl (C=O) groups is 1. The van der Waals surface area contributed by atoms with E-state index in [0.29, 0.717) is 18.6 Å². The maximum atomic E-state index is 11.8. The number of hydrogen-bond donors (Lipinski definition) is 2. The molecule has 0 radical (unpaired) electrons. The Hall–Kier alpha value is -0.220. The summed E-state index contributed by atoms with van der Waals surface area (Å²) in [6.45, 7) is 2.34. The molecule has 1 aliphatic carbocycles. The molecule has 0 aliphatic heterocycles. The zero-order chi connectivity index (χ0) is 12.0. The molecule has 2 N–H and O–H groups in total. The second kappa shape index (κ2) is 7.17. The second-order valence-electron chi connectivity index (χ2n) is 4.54. The molecule has 0 aromatic carbocycles. The third-order valence-electron chi connectivity index (χ3n) is 3.40. The topological polar surface area (TPSA) is 49.3 Å². The third-order valence-corrected chi connectivity index (χ3v) is 4.52. The van der Waals surface area contributed by atoms with Gasteiger partial charge in [-0.15, -0.1) is 0 Å². The molecule has 1 rings (SSSR count). The molecule has 0 aromatic rings. The van der Waals surface area contributed by atoms with Crippen molar-refractivity contribution in [2.24, 2.45) is 5.92 Å². The molecule has 0 aromatic heterocycles. The molecule has 1 atom stereocenters. The van der Waals surface area contributed by atoms with Crippen LogP contribution in [0.4, 0.5) is 0 Å². The Morgan fingerprint density at radius 3 is 2.50 bits per heavy atom. The predicted octanol–water partition coefficient (Wildman–Crippen LogP) is 1.80. The molecular weight excluding hydrogens is 222 g/mol. The molecule has 1 amide bonds. The van der Waals surface area contributed by atoms with E-state index >= 15 is 0 Å². The lowest BCUT2D eigenvalue weighted by atomic mass is 9.86. The zero-order valence-corrected chi connectivity index (χ0v) is 11.1. The first-order chi connectivity index (χ1) is 7.71. The van der Waals surface area contributed by atoms with Crippen molar-refractivity contribution in [1.29, 1.82) is 0 Å². The first kappa shape index (κ1) is 13.8. The fourth-order valence-electron chi connectivity index (χ4n) is 2.24. The molecule has 0 saturated heterocycles. The van der Waals surface area contributed by atoms with Crippen LogP contribution in [0.25, 0.3) is 0 Å². The number of aliphatic hydroxyl groups is 1. The maximum absolute atomic E-state index is 11.8. The number of amides is 1. The molecule has 1 saturated carbocycles. The molecule has 1 unspecified atom stereocenters. The number of hydrogen-bond acceptors (Lipinski definition) is 3. The minimum atomic E-state index is 0.0931. The van der Waals surface area contributed by atoms with Crippen LogP contribution in [0.5, 0.6) is 0 Å². The Morgan fingerprint density at radius 2 is 2.06 bits per heavy atom. The summed E-state index contributed by atoms with van der Waals surface area (Å²) in [7, 11) is 0. The van der Waals surface area contributed by atoms with Gasteiger partial charge < -0.3 is 10.4 Å². The Bertz CT molecular complexity index is 211. The molecule has 3 nitrogen and oxygen atoms in total.